The van der Waals surface area contributed by atoms with Gasteiger partial charge in [0.15, 0.2) is 0 Å². The third kappa shape index (κ3) is 11.2. The van der Waals surface area contributed by atoms with Crippen molar-refractivity contribution in [3.05, 3.63) is 41.7 Å². The van der Waals surface area contributed by atoms with E-state index in [1.165, 1.54) is 0 Å². The zero-order valence-electron chi connectivity index (χ0n) is 20.0. The number of carboxylic acid groups (broad SMARTS) is 2. The van der Waals surface area contributed by atoms with Crippen LogP contribution in [0.2, 0.25) is 0 Å². The summed E-state index contributed by atoms with van der Waals surface area (Å²) in [5.74, 6) is -4.57. The number of carbonyl (C=O) groups is 2. The molecule has 0 aliphatic carbocycles. The Morgan fingerprint density at radius 1 is 1.03 bits per heavy atom. The van der Waals surface area contributed by atoms with Gasteiger partial charge in [0.05, 0.1) is 5.69 Å². The lowest BCUT2D eigenvalue weighted by atomic mass is 10.1. The number of H-pyrrole nitrogens is 1. The summed E-state index contributed by atoms with van der Waals surface area (Å²) in [6, 6.07) is 10.7. The Hall–Kier alpha value is -3.17. The van der Waals surface area contributed by atoms with E-state index in [4.69, 9.17) is 24.8 Å². The van der Waals surface area contributed by atoms with Gasteiger partial charge in [-0.15, -0.1) is 0 Å². The second-order valence-electron chi connectivity index (χ2n) is 8.01. The molecule has 1 atom stereocenters. The summed E-state index contributed by atoms with van der Waals surface area (Å²) in [6.45, 7) is 6.29. The maximum atomic E-state index is 10.6. The van der Waals surface area contributed by atoms with E-state index in [9.17, 15) is 31.4 Å². The number of rotatable bonds is 5. The summed E-state index contributed by atoms with van der Waals surface area (Å²) < 4.78 is 63.5. The molecule has 2 aromatic rings. The average Bonchev–Trinajstić information content (AvgIpc) is 3.16. The molecule has 3 rings (SSSR count). The van der Waals surface area contributed by atoms with E-state index >= 15 is 0 Å². The molecule has 0 amide bonds. The molecule has 1 aliphatic rings. The van der Waals surface area contributed by atoms with Crippen LogP contribution in [0.5, 0.6) is 0 Å². The molecule has 15 heteroatoms. The van der Waals surface area contributed by atoms with E-state index in [1.54, 1.807) is 0 Å². The van der Waals surface area contributed by atoms with Gasteiger partial charge in [-0.2, -0.15) is 26.3 Å². The molecule has 1 unspecified atom stereocenters. The van der Waals surface area contributed by atoms with Crippen molar-refractivity contribution < 1.29 is 51.3 Å². The number of halogens is 6. The van der Waals surface area contributed by atoms with E-state index in [1.807, 2.05) is 18.2 Å². The van der Waals surface area contributed by atoms with Gasteiger partial charge in [-0.25, -0.2) is 14.6 Å². The second kappa shape index (κ2) is 13.9. The predicted octanol–water partition coefficient (Wildman–Crippen LogP) is 3.15. The van der Waals surface area contributed by atoms with Crippen LogP contribution >= 0.6 is 0 Å². The highest BCUT2D eigenvalue weighted by atomic mass is 19.4. The van der Waals surface area contributed by atoms with Crippen LogP contribution in [0.1, 0.15) is 17.8 Å². The first-order valence-electron chi connectivity index (χ1n) is 10.8. The van der Waals surface area contributed by atoms with Crippen LogP contribution < -0.4 is 0 Å². The zero-order chi connectivity index (χ0) is 28.4. The van der Waals surface area contributed by atoms with Crippen LogP contribution in [0, 0.1) is 6.92 Å². The number of imidazole rings is 1. The molecule has 9 nitrogen and oxygen atoms in total. The number of aliphatic carboxylic acids is 2. The smallest absolute Gasteiger partial charge is 0.475 e. The molecule has 1 aliphatic heterocycles. The molecule has 0 bridgehead atoms. The molecule has 1 saturated heterocycles. The average molecular weight is 542 g/mol. The standard InChI is InChI=1S/C18H26N4O.2C2HF3O2/c1-14-17(20-18(19-14)15-6-4-3-5-7-15)13-22-10-9-21(2)16(12-22)8-11-23;2*3-2(4,5)1(6)7/h3-7,16,23H,8-13H2,1-2H3,(H,19,20);2*(H,6,7). The van der Waals surface area contributed by atoms with Crippen molar-refractivity contribution in [3.63, 3.8) is 0 Å². The molecule has 0 saturated carbocycles. The quantitative estimate of drug-likeness (QED) is 0.424. The SMILES string of the molecule is Cc1[nH]c(-c2ccccc2)nc1CN1CCN(C)C(CCO)C1.O=C(O)C(F)(F)F.O=C(O)C(F)(F)F. The van der Waals surface area contributed by atoms with Crippen molar-refractivity contribution in [3.8, 4) is 11.4 Å². The highest BCUT2D eigenvalue weighted by Gasteiger charge is 2.38. The number of aromatic amines is 1. The van der Waals surface area contributed by atoms with Crippen molar-refractivity contribution >= 4 is 11.9 Å². The fraction of sp³-hybridized carbons (Fsp3) is 0.500. The lowest BCUT2D eigenvalue weighted by Crippen LogP contribution is -2.51. The monoisotopic (exact) mass is 542 g/mol. The Morgan fingerprint density at radius 3 is 2.00 bits per heavy atom. The van der Waals surface area contributed by atoms with Crippen LogP contribution in [-0.2, 0) is 16.1 Å². The molecule has 0 radical (unpaired) electrons. The lowest BCUT2D eigenvalue weighted by molar-refractivity contribution is -0.193. The van der Waals surface area contributed by atoms with Gasteiger partial charge in [-0.3, -0.25) is 4.90 Å². The van der Waals surface area contributed by atoms with Gasteiger partial charge >= 0.3 is 24.3 Å². The van der Waals surface area contributed by atoms with Gasteiger partial charge in [0.1, 0.15) is 5.82 Å². The number of alkyl halides is 6. The Balaban J connectivity index is 0.000000404. The number of aromatic nitrogens is 2. The molecular formula is C22H28F6N4O5. The lowest BCUT2D eigenvalue weighted by Gasteiger charge is -2.39. The predicted molar refractivity (Wildman–Crippen MR) is 120 cm³/mol. The minimum atomic E-state index is -5.08. The third-order valence-electron chi connectivity index (χ3n) is 5.21. The number of likely N-dealkylation sites (N-methyl/N-ethyl adjacent to an activating group) is 1. The number of hydrogen-bond acceptors (Lipinski definition) is 6. The Bertz CT molecular complexity index is 974. The van der Waals surface area contributed by atoms with Crippen molar-refractivity contribution in [1.82, 2.24) is 19.8 Å². The largest absolute Gasteiger partial charge is 0.490 e. The van der Waals surface area contributed by atoms with E-state index in [0.717, 1.165) is 55.4 Å². The van der Waals surface area contributed by atoms with Crippen LogP contribution in [0.15, 0.2) is 30.3 Å². The molecule has 37 heavy (non-hydrogen) atoms. The summed E-state index contributed by atoms with van der Waals surface area (Å²) in [5.41, 5.74) is 3.39. The first kappa shape index (κ1) is 31.9. The molecule has 1 aromatic heterocycles. The molecule has 1 fully saturated rings. The van der Waals surface area contributed by atoms with Crippen molar-refractivity contribution in [2.24, 2.45) is 0 Å². The van der Waals surface area contributed by atoms with Gasteiger partial charge in [0.2, 0.25) is 0 Å². The summed E-state index contributed by atoms with van der Waals surface area (Å²) in [6.07, 6.45) is -9.33. The molecular weight excluding hydrogens is 514 g/mol. The van der Waals surface area contributed by atoms with E-state index in [-0.39, 0.29) is 6.61 Å². The van der Waals surface area contributed by atoms with Gasteiger partial charge in [0.25, 0.3) is 0 Å². The fourth-order valence-corrected chi connectivity index (χ4v) is 3.21. The zero-order valence-corrected chi connectivity index (χ0v) is 20.0. The van der Waals surface area contributed by atoms with Gasteiger partial charge in [0, 0.05) is 50.1 Å². The Morgan fingerprint density at radius 2 is 1.54 bits per heavy atom. The first-order valence-corrected chi connectivity index (χ1v) is 10.8. The molecule has 4 N–H and O–H groups in total. The summed E-state index contributed by atoms with van der Waals surface area (Å²) in [7, 11) is 2.14. The third-order valence-corrected chi connectivity index (χ3v) is 5.21. The number of benzene rings is 1. The number of carboxylic acids is 2. The number of aliphatic hydroxyl groups excluding tert-OH is 1. The van der Waals surface area contributed by atoms with Crippen LogP contribution in [0.3, 0.4) is 0 Å². The van der Waals surface area contributed by atoms with E-state index in [0.29, 0.717) is 6.04 Å². The van der Waals surface area contributed by atoms with Crippen LogP contribution in [-0.4, -0.2) is 98.7 Å². The van der Waals surface area contributed by atoms with Gasteiger partial charge in [-0.05, 0) is 20.4 Å². The minimum Gasteiger partial charge on any atom is -0.475 e. The topological polar surface area (TPSA) is 130 Å². The Labute approximate surface area is 208 Å². The molecule has 0 spiro atoms. The Kier molecular flexibility index (Phi) is 12.0. The number of aliphatic hydroxyl groups is 1. The first-order chi connectivity index (χ1) is 17.1. The summed E-state index contributed by atoms with van der Waals surface area (Å²) in [4.78, 5) is 30.8. The molecule has 2 heterocycles. The van der Waals surface area contributed by atoms with Gasteiger partial charge < -0.3 is 25.2 Å². The fourth-order valence-electron chi connectivity index (χ4n) is 3.21. The number of hydrogen-bond donors (Lipinski definition) is 4. The molecule has 208 valence electrons. The minimum absolute atomic E-state index is 0.252. The highest BCUT2D eigenvalue weighted by molar-refractivity contribution is 5.73. The number of nitrogens with one attached hydrogen (secondary N) is 1. The summed E-state index contributed by atoms with van der Waals surface area (Å²) >= 11 is 0. The maximum absolute atomic E-state index is 10.6. The van der Waals surface area contributed by atoms with Crippen molar-refractivity contribution in [2.45, 2.75) is 38.3 Å². The van der Waals surface area contributed by atoms with Crippen LogP contribution in [0.4, 0.5) is 26.3 Å². The van der Waals surface area contributed by atoms with Gasteiger partial charge in [-0.1, -0.05) is 30.3 Å². The molecule has 1 aromatic carbocycles. The number of nitrogens with zero attached hydrogens (tertiary/aromatic N) is 3. The van der Waals surface area contributed by atoms with Crippen molar-refractivity contribution in [1.29, 1.82) is 0 Å². The van der Waals surface area contributed by atoms with E-state index < -0.39 is 24.3 Å². The normalized spacial score (nSPS) is 16.7. The highest BCUT2D eigenvalue weighted by Crippen LogP contribution is 2.20. The number of piperazine rings is 1. The van der Waals surface area contributed by atoms with Crippen LogP contribution in [0.25, 0.3) is 11.4 Å². The number of aryl methyl sites for hydroxylation is 1. The second-order valence-corrected chi connectivity index (χ2v) is 8.01. The summed E-state index contributed by atoms with van der Waals surface area (Å²) in [5, 5.41) is 23.5. The van der Waals surface area contributed by atoms with Crippen molar-refractivity contribution in [2.75, 3.05) is 33.3 Å². The van der Waals surface area contributed by atoms with E-state index in [2.05, 4.69) is 40.9 Å². The maximum Gasteiger partial charge on any atom is 0.490 e.